The van der Waals surface area contributed by atoms with Gasteiger partial charge in [-0.3, -0.25) is 0 Å². The molecule has 0 saturated carbocycles. The average Bonchev–Trinajstić information content (AvgIpc) is 2.39. The minimum Gasteiger partial charge on any atom is -0.493 e. The van der Waals surface area contributed by atoms with Crippen LogP contribution in [-0.2, 0) is 6.54 Å². The molecule has 18 heavy (non-hydrogen) atoms. The van der Waals surface area contributed by atoms with Crippen LogP contribution in [0.3, 0.4) is 0 Å². The fourth-order valence-electron chi connectivity index (χ4n) is 1.63. The van der Waals surface area contributed by atoms with E-state index < -0.39 is 0 Å². The highest BCUT2D eigenvalue weighted by atomic mass is 35.5. The number of hydrogen-bond donors (Lipinski definition) is 1. The molecule has 0 saturated heterocycles. The lowest BCUT2D eigenvalue weighted by Gasteiger charge is -2.13. The molecular weight excluding hydrogens is 270 g/mol. The van der Waals surface area contributed by atoms with Crippen molar-refractivity contribution in [2.24, 2.45) is 0 Å². The van der Waals surface area contributed by atoms with Gasteiger partial charge in [-0.1, -0.05) is 17.7 Å². The monoisotopic (exact) mass is 289 g/mol. The van der Waals surface area contributed by atoms with E-state index in [0.29, 0.717) is 16.5 Å². The molecule has 0 aliphatic heterocycles. The van der Waals surface area contributed by atoms with Crippen LogP contribution in [0, 0.1) is 0 Å². The van der Waals surface area contributed by atoms with Crippen molar-refractivity contribution in [3.8, 4) is 11.5 Å². The van der Waals surface area contributed by atoms with Gasteiger partial charge in [0.05, 0.1) is 19.2 Å². The van der Waals surface area contributed by atoms with E-state index in [4.69, 9.17) is 21.1 Å². The fourth-order valence-corrected chi connectivity index (χ4v) is 2.36. The van der Waals surface area contributed by atoms with Crippen molar-refractivity contribution in [1.29, 1.82) is 0 Å². The third kappa shape index (κ3) is 4.26. The van der Waals surface area contributed by atoms with Gasteiger partial charge in [-0.25, -0.2) is 0 Å². The van der Waals surface area contributed by atoms with Gasteiger partial charge >= 0.3 is 0 Å². The predicted molar refractivity (Wildman–Crippen MR) is 79.3 cm³/mol. The molecule has 1 aromatic rings. The van der Waals surface area contributed by atoms with Gasteiger partial charge in [0.2, 0.25) is 0 Å². The summed E-state index contributed by atoms with van der Waals surface area (Å²) in [5.41, 5.74) is 1.03. The molecule has 1 aromatic carbocycles. The smallest absolute Gasteiger partial charge is 0.179 e. The van der Waals surface area contributed by atoms with Crippen molar-refractivity contribution in [1.82, 2.24) is 5.32 Å². The molecule has 0 radical (unpaired) electrons. The molecule has 3 nitrogen and oxygen atoms in total. The molecule has 0 unspecified atom stereocenters. The second-order valence-corrected chi connectivity index (χ2v) is 5.16. The van der Waals surface area contributed by atoms with Crippen LogP contribution in [0.5, 0.6) is 11.5 Å². The molecule has 0 atom stereocenters. The highest BCUT2D eigenvalue weighted by Gasteiger charge is 2.12. The van der Waals surface area contributed by atoms with E-state index in [0.717, 1.165) is 25.1 Å². The second kappa shape index (κ2) is 8.51. The van der Waals surface area contributed by atoms with Crippen LogP contribution in [0.25, 0.3) is 0 Å². The zero-order valence-electron chi connectivity index (χ0n) is 11.1. The highest BCUT2D eigenvalue weighted by molar-refractivity contribution is 7.98. The number of halogens is 1. The molecular formula is C13H20ClNO2S. The van der Waals surface area contributed by atoms with Gasteiger partial charge in [0.15, 0.2) is 11.5 Å². The third-order valence-corrected chi connectivity index (χ3v) is 3.69. The first-order valence-electron chi connectivity index (χ1n) is 5.83. The third-order valence-electron chi connectivity index (χ3n) is 2.58. The van der Waals surface area contributed by atoms with Gasteiger partial charge in [0, 0.05) is 6.54 Å². The summed E-state index contributed by atoms with van der Waals surface area (Å²) in [6.07, 6.45) is 3.28. The summed E-state index contributed by atoms with van der Waals surface area (Å²) in [6.45, 7) is 1.74. The molecule has 102 valence electrons. The summed E-state index contributed by atoms with van der Waals surface area (Å²) in [7, 11) is 3.20. The predicted octanol–water partition coefficient (Wildman–Crippen LogP) is 3.20. The van der Waals surface area contributed by atoms with E-state index in [-0.39, 0.29) is 0 Å². The molecule has 0 aromatic heterocycles. The summed E-state index contributed by atoms with van der Waals surface area (Å²) < 4.78 is 10.5. The van der Waals surface area contributed by atoms with E-state index in [1.807, 2.05) is 23.9 Å². The Morgan fingerprint density at radius 1 is 1.28 bits per heavy atom. The summed E-state index contributed by atoms with van der Waals surface area (Å²) >= 11 is 8.14. The molecule has 0 spiro atoms. The second-order valence-electron chi connectivity index (χ2n) is 3.80. The number of benzene rings is 1. The average molecular weight is 290 g/mol. The molecule has 5 heteroatoms. The van der Waals surface area contributed by atoms with Crippen LogP contribution in [-0.4, -0.2) is 32.8 Å². The van der Waals surface area contributed by atoms with Crippen molar-refractivity contribution in [3.05, 3.63) is 22.7 Å². The van der Waals surface area contributed by atoms with Crippen LogP contribution in [0.1, 0.15) is 12.0 Å². The normalized spacial score (nSPS) is 10.4. The van der Waals surface area contributed by atoms with Crippen molar-refractivity contribution in [3.63, 3.8) is 0 Å². The van der Waals surface area contributed by atoms with Crippen molar-refractivity contribution in [2.75, 3.05) is 32.8 Å². The first-order chi connectivity index (χ1) is 8.74. The largest absolute Gasteiger partial charge is 0.493 e. The Morgan fingerprint density at radius 3 is 2.67 bits per heavy atom. The fraction of sp³-hybridized carbons (Fsp3) is 0.538. The molecule has 1 rings (SSSR count). The standard InChI is InChI=1S/C13H20ClNO2S/c1-16-11-6-5-10(12(14)13(11)17-2)9-15-7-4-8-18-3/h5-6,15H,4,7-9H2,1-3H3. The molecule has 0 fully saturated rings. The lowest BCUT2D eigenvalue weighted by molar-refractivity contribution is 0.354. The van der Waals surface area contributed by atoms with Gasteiger partial charge in [-0.05, 0) is 36.6 Å². The Morgan fingerprint density at radius 2 is 2.06 bits per heavy atom. The Labute approximate surface area is 118 Å². The van der Waals surface area contributed by atoms with Gasteiger partial charge < -0.3 is 14.8 Å². The van der Waals surface area contributed by atoms with Crippen molar-refractivity contribution >= 4 is 23.4 Å². The van der Waals surface area contributed by atoms with Crippen LogP contribution in [0.4, 0.5) is 0 Å². The van der Waals surface area contributed by atoms with Gasteiger partial charge in [-0.2, -0.15) is 11.8 Å². The van der Waals surface area contributed by atoms with E-state index in [9.17, 15) is 0 Å². The molecule has 0 amide bonds. The first-order valence-corrected chi connectivity index (χ1v) is 7.60. The Kier molecular flexibility index (Phi) is 7.32. The number of nitrogens with one attached hydrogen (secondary N) is 1. The maximum absolute atomic E-state index is 6.28. The molecule has 0 bridgehead atoms. The van der Waals surface area contributed by atoms with Crippen molar-refractivity contribution < 1.29 is 9.47 Å². The van der Waals surface area contributed by atoms with Crippen LogP contribution in [0.15, 0.2) is 12.1 Å². The summed E-state index contributed by atoms with van der Waals surface area (Å²) in [5, 5.41) is 3.99. The zero-order chi connectivity index (χ0) is 13.4. The summed E-state index contributed by atoms with van der Waals surface area (Å²) in [6, 6.07) is 3.84. The number of thioether (sulfide) groups is 1. The highest BCUT2D eigenvalue weighted by Crippen LogP contribution is 2.37. The summed E-state index contributed by atoms with van der Waals surface area (Å²) in [5.74, 6) is 2.43. The van der Waals surface area contributed by atoms with E-state index in [1.54, 1.807) is 14.2 Å². The lowest BCUT2D eigenvalue weighted by Crippen LogP contribution is -2.15. The number of hydrogen-bond acceptors (Lipinski definition) is 4. The van der Waals surface area contributed by atoms with E-state index in [2.05, 4.69) is 11.6 Å². The SMILES string of the molecule is COc1ccc(CNCCCSC)c(Cl)c1OC. The van der Waals surface area contributed by atoms with Crippen LogP contribution in [0.2, 0.25) is 5.02 Å². The molecule has 1 N–H and O–H groups in total. The Bertz CT molecular complexity index is 374. The maximum atomic E-state index is 6.28. The number of methoxy groups -OCH3 is 2. The number of rotatable bonds is 8. The van der Waals surface area contributed by atoms with Crippen molar-refractivity contribution in [2.45, 2.75) is 13.0 Å². The topological polar surface area (TPSA) is 30.5 Å². The maximum Gasteiger partial charge on any atom is 0.179 e. The minimum absolute atomic E-state index is 0.600. The van der Waals surface area contributed by atoms with Gasteiger partial charge in [-0.15, -0.1) is 0 Å². The van der Waals surface area contributed by atoms with Gasteiger partial charge in [0.25, 0.3) is 0 Å². The van der Waals surface area contributed by atoms with E-state index in [1.165, 1.54) is 5.75 Å². The summed E-state index contributed by atoms with van der Waals surface area (Å²) in [4.78, 5) is 0. The molecule has 0 aliphatic rings. The van der Waals surface area contributed by atoms with Gasteiger partial charge in [0.1, 0.15) is 0 Å². The molecule has 0 heterocycles. The quantitative estimate of drug-likeness (QED) is 0.745. The van der Waals surface area contributed by atoms with E-state index >= 15 is 0 Å². The lowest BCUT2D eigenvalue weighted by atomic mass is 10.2. The molecule has 0 aliphatic carbocycles. The van der Waals surface area contributed by atoms with Crippen LogP contribution >= 0.6 is 23.4 Å². The first kappa shape index (κ1) is 15.5. The zero-order valence-corrected chi connectivity index (χ0v) is 12.7. The Balaban J connectivity index is 2.61. The van der Waals surface area contributed by atoms with Crippen LogP contribution < -0.4 is 14.8 Å². The Hall–Kier alpha value is -0.580. The minimum atomic E-state index is 0.600. The number of ether oxygens (including phenoxy) is 2.